The SMILES string of the molecule is CC(C)CCC(=O)N1CCN(c2nc3nccc(-c4cccc(C(F)(F)F)c4)n3n2)CC1. The van der Waals surface area contributed by atoms with E-state index in [1.807, 2.05) is 9.80 Å². The molecule has 0 radical (unpaired) electrons. The molecular weight excluding hydrogens is 421 g/mol. The molecule has 0 saturated carbocycles. The molecule has 0 spiro atoms. The summed E-state index contributed by atoms with van der Waals surface area (Å²) in [6.45, 7) is 6.54. The highest BCUT2D eigenvalue weighted by Gasteiger charge is 2.31. The number of carbonyl (C=O) groups excluding carboxylic acids is 1. The highest BCUT2D eigenvalue weighted by atomic mass is 19.4. The van der Waals surface area contributed by atoms with E-state index in [1.165, 1.54) is 16.8 Å². The number of fused-ring (bicyclic) bond motifs is 1. The van der Waals surface area contributed by atoms with E-state index in [9.17, 15) is 18.0 Å². The monoisotopic (exact) mass is 446 g/mol. The van der Waals surface area contributed by atoms with Gasteiger partial charge in [0.05, 0.1) is 11.3 Å². The standard InChI is InChI=1S/C22H25F3N6O/c1-15(2)6-7-19(32)29-10-12-30(13-11-29)21-27-20-26-9-8-18(31(20)28-21)16-4-3-5-17(14-16)22(23,24)25/h3-5,8-9,14-15H,6-7,10-13H2,1-2H3. The van der Waals surface area contributed by atoms with E-state index in [4.69, 9.17) is 0 Å². The summed E-state index contributed by atoms with van der Waals surface area (Å²) in [5.41, 5.74) is 0.130. The van der Waals surface area contributed by atoms with Gasteiger partial charge in [0.15, 0.2) is 0 Å². The first-order chi connectivity index (χ1) is 15.2. The zero-order valence-corrected chi connectivity index (χ0v) is 18.0. The second-order valence-electron chi connectivity index (χ2n) is 8.33. The summed E-state index contributed by atoms with van der Waals surface area (Å²) in [6.07, 6.45) is -1.50. The normalized spacial score (nSPS) is 15.1. The molecule has 0 aliphatic carbocycles. The maximum Gasteiger partial charge on any atom is 0.416 e. The van der Waals surface area contributed by atoms with Gasteiger partial charge >= 0.3 is 6.18 Å². The lowest BCUT2D eigenvalue weighted by Gasteiger charge is -2.34. The Kier molecular flexibility index (Phi) is 6.03. The fraction of sp³-hybridized carbons (Fsp3) is 0.455. The van der Waals surface area contributed by atoms with Gasteiger partial charge in [-0.1, -0.05) is 26.0 Å². The van der Waals surface area contributed by atoms with Crippen molar-refractivity contribution >= 4 is 17.6 Å². The molecule has 0 unspecified atom stereocenters. The summed E-state index contributed by atoms with van der Waals surface area (Å²) >= 11 is 0. The Morgan fingerprint density at radius 1 is 1.12 bits per heavy atom. The fourth-order valence-corrected chi connectivity index (χ4v) is 3.72. The lowest BCUT2D eigenvalue weighted by molar-refractivity contribution is -0.137. The number of anilines is 1. The van der Waals surface area contributed by atoms with Crippen molar-refractivity contribution in [2.24, 2.45) is 5.92 Å². The van der Waals surface area contributed by atoms with Gasteiger partial charge in [-0.25, -0.2) is 4.98 Å². The van der Waals surface area contributed by atoms with E-state index in [-0.39, 0.29) is 5.91 Å². The molecule has 2 aromatic heterocycles. The van der Waals surface area contributed by atoms with Crippen LogP contribution in [-0.2, 0) is 11.0 Å². The lowest BCUT2D eigenvalue weighted by atomic mass is 10.1. The lowest BCUT2D eigenvalue weighted by Crippen LogP contribution is -2.49. The third-order valence-corrected chi connectivity index (χ3v) is 5.57. The van der Waals surface area contributed by atoms with Crippen LogP contribution in [0.15, 0.2) is 36.5 Å². The first-order valence-electron chi connectivity index (χ1n) is 10.6. The zero-order valence-electron chi connectivity index (χ0n) is 18.0. The van der Waals surface area contributed by atoms with Crippen LogP contribution in [0.2, 0.25) is 0 Å². The number of nitrogens with zero attached hydrogens (tertiary/aromatic N) is 6. The second kappa shape index (κ2) is 8.76. The molecule has 1 saturated heterocycles. The van der Waals surface area contributed by atoms with Gasteiger partial charge in [-0.05, 0) is 30.5 Å². The first kappa shape index (κ1) is 22.0. The number of amides is 1. The largest absolute Gasteiger partial charge is 0.416 e. The van der Waals surface area contributed by atoms with E-state index >= 15 is 0 Å². The molecular formula is C22H25F3N6O. The van der Waals surface area contributed by atoms with Crippen LogP contribution >= 0.6 is 0 Å². The molecule has 3 heterocycles. The molecule has 0 bridgehead atoms. The van der Waals surface area contributed by atoms with Crippen molar-refractivity contribution in [2.45, 2.75) is 32.9 Å². The van der Waals surface area contributed by atoms with Crippen molar-refractivity contribution in [3.05, 3.63) is 42.1 Å². The summed E-state index contributed by atoms with van der Waals surface area (Å²) in [6, 6.07) is 6.73. The van der Waals surface area contributed by atoms with E-state index in [2.05, 4.69) is 28.9 Å². The highest BCUT2D eigenvalue weighted by molar-refractivity contribution is 5.76. The zero-order chi connectivity index (χ0) is 22.9. The topological polar surface area (TPSA) is 66.6 Å². The molecule has 1 fully saturated rings. The smallest absolute Gasteiger partial charge is 0.339 e. The van der Waals surface area contributed by atoms with E-state index in [0.717, 1.165) is 18.6 Å². The quantitative estimate of drug-likeness (QED) is 0.595. The number of aromatic nitrogens is 4. The number of piperazine rings is 1. The Hall–Kier alpha value is -3.17. The predicted molar refractivity (Wildman–Crippen MR) is 114 cm³/mol. The average molecular weight is 446 g/mol. The number of alkyl halides is 3. The number of halogens is 3. The van der Waals surface area contributed by atoms with Gasteiger partial charge in [-0.3, -0.25) is 4.79 Å². The minimum atomic E-state index is -4.43. The molecule has 170 valence electrons. The summed E-state index contributed by atoms with van der Waals surface area (Å²) in [4.78, 5) is 24.9. The third-order valence-electron chi connectivity index (χ3n) is 5.57. The number of benzene rings is 1. The Balaban J connectivity index is 1.53. The molecule has 1 aliphatic heterocycles. The van der Waals surface area contributed by atoms with Crippen LogP contribution in [0.5, 0.6) is 0 Å². The Morgan fingerprint density at radius 2 is 1.88 bits per heavy atom. The molecule has 1 aromatic carbocycles. The van der Waals surface area contributed by atoms with E-state index in [0.29, 0.717) is 61.5 Å². The Bertz CT molecular complexity index is 1100. The van der Waals surface area contributed by atoms with Crippen molar-refractivity contribution in [1.82, 2.24) is 24.5 Å². The summed E-state index contributed by atoms with van der Waals surface area (Å²) < 4.78 is 40.9. The Morgan fingerprint density at radius 3 is 2.56 bits per heavy atom. The fourth-order valence-electron chi connectivity index (χ4n) is 3.72. The van der Waals surface area contributed by atoms with Crippen molar-refractivity contribution in [3.63, 3.8) is 0 Å². The van der Waals surface area contributed by atoms with Crippen LogP contribution in [0, 0.1) is 5.92 Å². The number of hydrogen-bond donors (Lipinski definition) is 0. The molecule has 4 rings (SSSR count). The van der Waals surface area contributed by atoms with Crippen LogP contribution < -0.4 is 4.90 Å². The molecule has 3 aromatic rings. The molecule has 0 atom stereocenters. The van der Waals surface area contributed by atoms with Gasteiger partial charge < -0.3 is 9.80 Å². The summed E-state index contributed by atoms with van der Waals surface area (Å²) in [5.74, 6) is 1.41. The van der Waals surface area contributed by atoms with Gasteiger partial charge in [-0.2, -0.15) is 22.7 Å². The van der Waals surface area contributed by atoms with Crippen LogP contribution in [0.25, 0.3) is 17.0 Å². The van der Waals surface area contributed by atoms with Gasteiger partial charge in [0.2, 0.25) is 11.9 Å². The van der Waals surface area contributed by atoms with Crippen LogP contribution in [0.3, 0.4) is 0 Å². The minimum absolute atomic E-state index is 0.162. The molecule has 0 N–H and O–H groups in total. The summed E-state index contributed by atoms with van der Waals surface area (Å²) in [7, 11) is 0. The predicted octanol–water partition coefficient (Wildman–Crippen LogP) is 3.89. The van der Waals surface area contributed by atoms with Gasteiger partial charge in [0.25, 0.3) is 5.78 Å². The van der Waals surface area contributed by atoms with Crippen LogP contribution in [0.1, 0.15) is 32.3 Å². The van der Waals surface area contributed by atoms with E-state index < -0.39 is 11.7 Å². The van der Waals surface area contributed by atoms with Crippen molar-refractivity contribution in [1.29, 1.82) is 0 Å². The van der Waals surface area contributed by atoms with Crippen LogP contribution in [0.4, 0.5) is 19.1 Å². The van der Waals surface area contributed by atoms with E-state index in [1.54, 1.807) is 12.1 Å². The second-order valence-corrected chi connectivity index (χ2v) is 8.33. The summed E-state index contributed by atoms with van der Waals surface area (Å²) in [5, 5.41) is 4.52. The average Bonchev–Trinajstić information content (AvgIpc) is 3.21. The van der Waals surface area contributed by atoms with Crippen molar-refractivity contribution in [2.75, 3.05) is 31.1 Å². The maximum atomic E-state index is 13.1. The number of rotatable bonds is 5. The number of hydrogen-bond acceptors (Lipinski definition) is 5. The van der Waals surface area contributed by atoms with Crippen LogP contribution in [-0.4, -0.2) is 56.6 Å². The Labute approximate surface area is 183 Å². The first-order valence-corrected chi connectivity index (χ1v) is 10.6. The molecule has 7 nitrogen and oxygen atoms in total. The van der Waals surface area contributed by atoms with Gasteiger partial charge in [0, 0.05) is 44.4 Å². The highest BCUT2D eigenvalue weighted by Crippen LogP contribution is 2.32. The van der Waals surface area contributed by atoms with Crippen molar-refractivity contribution < 1.29 is 18.0 Å². The molecule has 1 amide bonds. The molecule has 32 heavy (non-hydrogen) atoms. The van der Waals surface area contributed by atoms with Gasteiger partial charge in [-0.15, -0.1) is 5.10 Å². The maximum absolute atomic E-state index is 13.1. The molecule has 1 aliphatic rings. The molecule has 10 heteroatoms. The minimum Gasteiger partial charge on any atom is -0.339 e. The third kappa shape index (κ3) is 4.68. The van der Waals surface area contributed by atoms with Crippen molar-refractivity contribution in [3.8, 4) is 11.3 Å². The number of carbonyl (C=O) groups is 1. The van der Waals surface area contributed by atoms with Gasteiger partial charge in [0.1, 0.15) is 0 Å².